The van der Waals surface area contributed by atoms with Crippen molar-refractivity contribution in [3.63, 3.8) is 0 Å². The minimum Gasteiger partial charge on any atom is -0.497 e. The summed E-state index contributed by atoms with van der Waals surface area (Å²) in [6, 6.07) is 8.71. The fourth-order valence-corrected chi connectivity index (χ4v) is 4.49. The summed E-state index contributed by atoms with van der Waals surface area (Å²) in [7, 11) is 3.55. The fourth-order valence-electron chi connectivity index (χ4n) is 3.71. The third kappa shape index (κ3) is 6.18. The molecule has 0 radical (unpaired) electrons. The van der Waals surface area contributed by atoms with Crippen molar-refractivity contribution < 1.29 is 4.74 Å². The monoisotopic (exact) mass is 415 g/mol. The first-order valence-corrected chi connectivity index (χ1v) is 11.4. The van der Waals surface area contributed by atoms with E-state index < -0.39 is 0 Å². The van der Waals surface area contributed by atoms with Gasteiger partial charge in [0.05, 0.1) is 23.9 Å². The Balaban J connectivity index is 1.56. The molecule has 158 valence electrons. The second-order valence-corrected chi connectivity index (χ2v) is 8.19. The number of likely N-dealkylation sites (tertiary alicyclic amines) is 1. The molecule has 1 saturated heterocycles. The van der Waals surface area contributed by atoms with Gasteiger partial charge in [0.25, 0.3) is 0 Å². The molecule has 7 heteroatoms. The van der Waals surface area contributed by atoms with Crippen LogP contribution in [0, 0.1) is 0 Å². The lowest BCUT2D eigenvalue weighted by Crippen LogP contribution is -2.43. The number of nitrogens with one attached hydrogen (secondary N) is 2. The van der Waals surface area contributed by atoms with Crippen molar-refractivity contribution in [3.05, 3.63) is 45.9 Å². The number of guanidine groups is 1. The number of aryl methyl sites for hydroxylation is 1. The van der Waals surface area contributed by atoms with Gasteiger partial charge in [0.1, 0.15) is 5.75 Å². The summed E-state index contributed by atoms with van der Waals surface area (Å²) in [4.78, 5) is 11.6. The van der Waals surface area contributed by atoms with Gasteiger partial charge in [0.15, 0.2) is 5.96 Å². The highest BCUT2D eigenvalue weighted by Crippen LogP contribution is 2.27. The molecule has 0 amide bonds. The maximum Gasteiger partial charge on any atom is 0.191 e. The van der Waals surface area contributed by atoms with Crippen molar-refractivity contribution in [2.75, 3.05) is 40.3 Å². The quantitative estimate of drug-likeness (QED) is 0.486. The maximum atomic E-state index is 5.44. The van der Waals surface area contributed by atoms with Crippen molar-refractivity contribution in [2.24, 2.45) is 4.99 Å². The summed E-state index contributed by atoms with van der Waals surface area (Å²) in [5.41, 5.74) is 2.44. The minimum absolute atomic E-state index is 0.303. The predicted molar refractivity (Wildman–Crippen MR) is 121 cm³/mol. The number of hydrogen-bond donors (Lipinski definition) is 2. The summed E-state index contributed by atoms with van der Waals surface area (Å²) < 4.78 is 5.44. The lowest BCUT2D eigenvalue weighted by Gasteiger charge is -2.29. The number of benzene rings is 1. The Labute approximate surface area is 178 Å². The molecular formula is C22H33N5OS. The highest BCUT2D eigenvalue weighted by atomic mass is 32.1. The average molecular weight is 416 g/mol. The number of rotatable bonds is 9. The molecule has 0 bridgehead atoms. The van der Waals surface area contributed by atoms with Crippen molar-refractivity contribution in [1.29, 1.82) is 0 Å². The second-order valence-electron chi connectivity index (χ2n) is 7.25. The van der Waals surface area contributed by atoms with Crippen LogP contribution in [0.3, 0.4) is 0 Å². The summed E-state index contributed by atoms with van der Waals surface area (Å²) in [6.45, 7) is 6.05. The van der Waals surface area contributed by atoms with E-state index in [1.807, 2.05) is 13.1 Å². The van der Waals surface area contributed by atoms with E-state index in [0.29, 0.717) is 6.04 Å². The van der Waals surface area contributed by atoms with Gasteiger partial charge in [-0.25, -0.2) is 4.98 Å². The van der Waals surface area contributed by atoms with Gasteiger partial charge in [-0.3, -0.25) is 9.89 Å². The molecule has 2 aromatic rings. The van der Waals surface area contributed by atoms with Crippen molar-refractivity contribution in [3.8, 4) is 5.75 Å². The summed E-state index contributed by atoms with van der Waals surface area (Å²) >= 11 is 1.74. The standard InChI is InChI=1S/C22H33N5OS/c1-4-21-26-18(16-29-21)10-11-24-22(23-2)25-15-20(27-12-5-6-13-27)17-8-7-9-19(14-17)28-3/h7-9,14,16,20H,4-6,10-13,15H2,1-3H3,(H2,23,24,25). The summed E-state index contributed by atoms with van der Waals surface area (Å²) in [5.74, 6) is 1.74. The van der Waals surface area contributed by atoms with Crippen LogP contribution < -0.4 is 15.4 Å². The lowest BCUT2D eigenvalue weighted by atomic mass is 10.1. The van der Waals surface area contributed by atoms with Crippen LogP contribution in [0.5, 0.6) is 5.75 Å². The number of ether oxygens (including phenoxy) is 1. The molecule has 1 aliphatic rings. The fraction of sp³-hybridized carbons (Fsp3) is 0.545. The van der Waals surface area contributed by atoms with E-state index in [0.717, 1.165) is 56.4 Å². The van der Waals surface area contributed by atoms with E-state index in [-0.39, 0.29) is 0 Å². The van der Waals surface area contributed by atoms with Gasteiger partial charge in [0.2, 0.25) is 0 Å². The number of aliphatic imine (C=N–C) groups is 1. The molecule has 1 aliphatic heterocycles. The van der Waals surface area contributed by atoms with Gasteiger partial charge < -0.3 is 15.4 Å². The van der Waals surface area contributed by atoms with Crippen LogP contribution in [0.2, 0.25) is 0 Å². The molecule has 1 aromatic heterocycles. The van der Waals surface area contributed by atoms with Crippen LogP contribution in [0.25, 0.3) is 0 Å². The van der Waals surface area contributed by atoms with E-state index in [1.165, 1.54) is 23.4 Å². The molecule has 1 atom stereocenters. The maximum absolute atomic E-state index is 5.44. The van der Waals surface area contributed by atoms with Crippen LogP contribution in [0.1, 0.15) is 42.1 Å². The zero-order valence-corrected chi connectivity index (χ0v) is 18.6. The Hall–Kier alpha value is -2.12. The molecule has 0 aliphatic carbocycles. The van der Waals surface area contributed by atoms with Gasteiger partial charge >= 0.3 is 0 Å². The average Bonchev–Trinajstić information content (AvgIpc) is 3.45. The van der Waals surface area contributed by atoms with E-state index in [1.54, 1.807) is 18.4 Å². The number of nitrogens with zero attached hydrogens (tertiary/aromatic N) is 3. The Bertz CT molecular complexity index is 785. The Morgan fingerprint density at radius 2 is 2.14 bits per heavy atom. The van der Waals surface area contributed by atoms with Gasteiger partial charge in [-0.15, -0.1) is 11.3 Å². The first-order chi connectivity index (χ1) is 14.2. The molecule has 1 unspecified atom stereocenters. The molecule has 2 heterocycles. The van der Waals surface area contributed by atoms with Crippen LogP contribution in [-0.2, 0) is 12.8 Å². The summed E-state index contributed by atoms with van der Waals surface area (Å²) in [5, 5.41) is 10.3. The van der Waals surface area contributed by atoms with Gasteiger partial charge in [-0.2, -0.15) is 0 Å². The first kappa shape index (κ1) is 21.6. The van der Waals surface area contributed by atoms with Crippen LogP contribution in [0.15, 0.2) is 34.6 Å². The largest absolute Gasteiger partial charge is 0.497 e. The van der Waals surface area contributed by atoms with Crippen molar-refractivity contribution in [2.45, 2.75) is 38.6 Å². The SMILES string of the molecule is CCc1nc(CCNC(=NC)NCC(c2cccc(OC)c2)N2CCCC2)cs1. The molecule has 6 nitrogen and oxygen atoms in total. The number of hydrogen-bond acceptors (Lipinski definition) is 5. The van der Waals surface area contributed by atoms with Crippen LogP contribution >= 0.6 is 11.3 Å². The van der Waals surface area contributed by atoms with E-state index in [9.17, 15) is 0 Å². The Morgan fingerprint density at radius 1 is 1.31 bits per heavy atom. The molecule has 29 heavy (non-hydrogen) atoms. The summed E-state index contributed by atoms with van der Waals surface area (Å²) in [6.07, 6.45) is 4.44. The van der Waals surface area contributed by atoms with Gasteiger partial charge in [0, 0.05) is 31.9 Å². The van der Waals surface area contributed by atoms with Gasteiger partial charge in [-0.1, -0.05) is 19.1 Å². The zero-order chi connectivity index (χ0) is 20.5. The molecule has 0 saturated carbocycles. The Kier molecular flexibility index (Phi) is 8.31. The highest BCUT2D eigenvalue weighted by Gasteiger charge is 2.24. The number of thiazole rings is 1. The molecular weight excluding hydrogens is 382 g/mol. The molecule has 2 N–H and O–H groups in total. The molecule has 3 rings (SSSR count). The number of methoxy groups -OCH3 is 1. The minimum atomic E-state index is 0.303. The lowest BCUT2D eigenvalue weighted by molar-refractivity contribution is 0.245. The smallest absolute Gasteiger partial charge is 0.191 e. The van der Waals surface area contributed by atoms with Crippen LogP contribution in [0.4, 0.5) is 0 Å². The van der Waals surface area contributed by atoms with Crippen molar-refractivity contribution in [1.82, 2.24) is 20.5 Å². The highest BCUT2D eigenvalue weighted by molar-refractivity contribution is 7.09. The van der Waals surface area contributed by atoms with E-state index in [2.05, 4.69) is 56.0 Å². The normalized spacial score (nSPS) is 16.0. The third-order valence-electron chi connectivity index (χ3n) is 5.32. The third-order valence-corrected chi connectivity index (χ3v) is 6.36. The topological polar surface area (TPSA) is 61.8 Å². The molecule has 1 aromatic carbocycles. The van der Waals surface area contributed by atoms with Crippen molar-refractivity contribution >= 4 is 17.3 Å². The number of aromatic nitrogens is 1. The molecule has 0 spiro atoms. The van der Waals surface area contributed by atoms with Gasteiger partial charge in [-0.05, 0) is 50.0 Å². The first-order valence-electron chi connectivity index (χ1n) is 10.5. The van der Waals surface area contributed by atoms with E-state index in [4.69, 9.17) is 4.74 Å². The second kappa shape index (κ2) is 11.2. The zero-order valence-electron chi connectivity index (χ0n) is 17.8. The predicted octanol–water partition coefficient (Wildman–Crippen LogP) is 3.26. The van der Waals surface area contributed by atoms with E-state index >= 15 is 0 Å². The van der Waals surface area contributed by atoms with Crippen LogP contribution in [-0.4, -0.2) is 56.2 Å². The molecule has 1 fully saturated rings. The Morgan fingerprint density at radius 3 is 2.83 bits per heavy atom.